The number of amides is 1. The first kappa shape index (κ1) is 21.0. The number of hydrogen-bond acceptors (Lipinski definition) is 4. The number of likely N-dealkylation sites (N-methyl/N-ethyl adjacent to an activating group) is 1. The standard InChI is InChI=1S/C23H25ClN2O3/c1-15(23(27)25-21-13-19(24)8-10-22(21)29-4)26(2)14-16-5-6-18-12-20(28-3)9-7-17(18)11-16/h5-13,15H,14H2,1-4H3,(H,25,27)/t15-/m0/s1. The predicted octanol–water partition coefficient (Wildman–Crippen LogP) is 4.97. The van der Waals surface area contributed by atoms with Gasteiger partial charge in [0, 0.05) is 11.6 Å². The third kappa shape index (κ3) is 5.00. The lowest BCUT2D eigenvalue weighted by Crippen LogP contribution is -2.39. The number of carbonyl (C=O) groups excluding carboxylic acids is 1. The van der Waals surface area contributed by atoms with Gasteiger partial charge in [0.25, 0.3) is 0 Å². The second-order valence-corrected chi connectivity index (χ2v) is 7.41. The van der Waals surface area contributed by atoms with E-state index in [2.05, 4.69) is 23.5 Å². The summed E-state index contributed by atoms with van der Waals surface area (Å²) in [6.07, 6.45) is 0. The van der Waals surface area contributed by atoms with Crippen molar-refractivity contribution in [3.05, 3.63) is 65.2 Å². The average Bonchev–Trinajstić information content (AvgIpc) is 2.72. The molecule has 152 valence electrons. The first-order chi connectivity index (χ1) is 13.9. The smallest absolute Gasteiger partial charge is 0.241 e. The van der Waals surface area contributed by atoms with Crippen LogP contribution in [0.5, 0.6) is 11.5 Å². The van der Waals surface area contributed by atoms with Crippen molar-refractivity contribution in [2.24, 2.45) is 0 Å². The summed E-state index contributed by atoms with van der Waals surface area (Å²) in [5, 5.41) is 5.70. The first-order valence-corrected chi connectivity index (χ1v) is 9.70. The van der Waals surface area contributed by atoms with Crippen molar-refractivity contribution in [1.29, 1.82) is 0 Å². The number of nitrogens with zero attached hydrogens (tertiary/aromatic N) is 1. The number of hydrogen-bond donors (Lipinski definition) is 1. The van der Waals surface area contributed by atoms with Crippen LogP contribution in [0.3, 0.4) is 0 Å². The van der Waals surface area contributed by atoms with Crippen LogP contribution in [0.2, 0.25) is 5.02 Å². The van der Waals surface area contributed by atoms with Gasteiger partial charge in [-0.3, -0.25) is 9.69 Å². The largest absolute Gasteiger partial charge is 0.497 e. The topological polar surface area (TPSA) is 50.8 Å². The molecule has 0 aliphatic carbocycles. The monoisotopic (exact) mass is 412 g/mol. The molecule has 3 aromatic rings. The fraction of sp³-hybridized carbons (Fsp3) is 0.261. The molecule has 0 aliphatic heterocycles. The van der Waals surface area contributed by atoms with Crippen molar-refractivity contribution in [3.63, 3.8) is 0 Å². The van der Waals surface area contributed by atoms with Gasteiger partial charge in [-0.05, 0) is 66.7 Å². The van der Waals surface area contributed by atoms with Crippen molar-refractivity contribution in [2.75, 3.05) is 26.6 Å². The van der Waals surface area contributed by atoms with Crippen molar-refractivity contribution < 1.29 is 14.3 Å². The van der Waals surface area contributed by atoms with Gasteiger partial charge in [0.15, 0.2) is 0 Å². The van der Waals surface area contributed by atoms with Crippen molar-refractivity contribution in [3.8, 4) is 11.5 Å². The number of anilines is 1. The van der Waals surface area contributed by atoms with E-state index >= 15 is 0 Å². The fourth-order valence-corrected chi connectivity index (χ4v) is 3.31. The molecule has 29 heavy (non-hydrogen) atoms. The van der Waals surface area contributed by atoms with Gasteiger partial charge in [0.1, 0.15) is 11.5 Å². The molecule has 0 aliphatic rings. The van der Waals surface area contributed by atoms with Gasteiger partial charge >= 0.3 is 0 Å². The van der Waals surface area contributed by atoms with Gasteiger partial charge in [-0.2, -0.15) is 0 Å². The Bertz CT molecular complexity index is 1020. The maximum absolute atomic E-state index is 12.7. The maximum atomic E-state index is 12.7. The number of nitrogens with one attached hydrogen (secondary N) is 1. The van der Waals surface area contributed by atoms with Gasteiger partial charge in [0.2, 0.25) is 5.91 Å². The molecule has 0 fully saturated rings. The minimum Gasteiger partial charge on any atom is -0.497 e. The van der Waals surface area contributed by atoms with Gasteiger partial charge in [-0.15, -0.1) is 0 Å². The lowest BCUT2D eigenvalue weighted by atomic mass is 10.1. The molecular weight excluding hydrogens is 388 g/mol. The van der Waals surface area contributed by atoms with E-state index in [1.54, 1.807) is 32.4 Å². The van der Waals surface area contributed by atoms with Crippen LogP contribution in [0.25, 0.3) is 10.8 Å². The van der Waals surface area contributed by atoms with Crippen LogP contribution >= 0.6 is 11.6 Å². The highest BCUT2D eigenvalue weighted by molar-refractivity contribution is 6.31. The minimum absolute atomic E-state index is 0.126. The normalized spacial score (nSPS) is 12.1. The van der Waals surface area contributed by atoms with Crippen LogP contribution < -0.4 is 14.8 Å². The van der Waals surface area contributed by atoms with E-state index in [-0.39, 0.29) is 11.9 Å². The molecular formula is C23H25ClN2O3. The van der Waals surface area contributed by atoms with E-state index in [1.807, 2.05) is 37.1 Å². The van der Waals surface area contributed by atoms with E-state index < -0.39 is 0 Å². The van der Waals surface area contributed by atoms with Gasteiger partial charge in [-0.25, -0.2) is 0 Å². The van der Waals surface area contributed by atoms with Crippen LogP contribution in [0.1, 0.15) is 12.5 Å². The summed E-state index contributed by atoms with van der Waals surface area (Å²) >= 11 is 6.05. The van der Waals surface area contributed by atoms with Crippen molar-refractivity contribution >= 4 is 34.0 Å². The third-order valence-electron chi connectivity index (χ3n) is 5.00. The molecule has 5 nitrogen and oxygen atoms in total. The Morgan fingerprint density at radius 2 is 1.76 bits per heavy atom. The van der Waals surface area contributed by atoms with Gasteiger partial charge in [-0.1, -0.05) is 29.8 Å². The van der Waals surface area contributed by atoms with Gasteiger partial charge in [0.05, 0.1) is 25.9 Å². The van der Waals surface area contributed by atoms with E-state index in [4.69, 9.17) is 21.1 Å². The molecule has 0 radical (unpaired) electrons. The van der Waals surface area contributed by atoms with E-state index in [9.17, 15) is 4.79 Å². The van der Waals surface area contributed by atoms with Crippen LogP contribution in [-0.4, -0.2) is 38.1 Å². The summed E-state index contributed by atoms with van der Waals surface area (Å²) in [4.78, 5) is 14.7. The van der Waals surface area contributed by atoms with E-state index in [0.717, 1.165) is 22.1 Å². The maximum Gasteiger partial charge on any atom is 0.241 e. The third-order valence-corrected chi connectivity index (χ3v) is 5.24. The Hall–Kier alpha value is -2.76. The second-order valence-electron chi connectivity index (χ2n) is 6.97. The average molecular weight is 413 g/mol. The molecule has 6 heteroatoms. The zero-order valence-electron chi connectivity index (χ0n) is 17.0. The summed E-state index contributed by atoms with van der Waals surface area (Å²) in [5.41, 5.74) is 1.69. The second kappa shape index (κ2) is 9.16. The molecule has 0 saturated heterocycles. The Kier molecular flexibility index (Phi) is 6.62. The molecule has 0 aromatic heterocycles. The van der Waals surface area contributed by atoms with Crippen LogP contribution in [-0.2, 0) is 11.3 Å². The first-order valence-electron chi connectivity index (χ1n) is 9.32. The number of ether oxygens (including phenoxy) is 2. The fourth-order valence-electron chi connectivity index (χ4n) is 3.14. The Morgan fingerprint density at radius 1 is 1.03 bits per heavy atom. The van der Waals surface area contributed by atoms with Crippen molar-refractivity contribution in [2.45, 2.75) is 19.5 Å². The van der Waals surface area contributed by atoms with E-state index in [1.165, 1.54) is 0 Å². The number of rotatable bonds is 7. The van der Waals surface area contributed by atoms with E-state index in [0.29, 0.717) is 23.0 Å². The molecule has 1 N–H and O–H groups in total. The Morgan fingerprint density at radius 3 is 2.48 bits per heavy atom. The van der Waals surface area contributed by atoms with Crippen LogP contribution in [0.15, 0.2) is 54.6 Å². The minimum atomic E-state index is -0.342. The molecule has 0 saturated carbocycles. The SMILES string of the molecule is COc1ccc2cc(CN(C)[C@@H](C)C(=O)Nc3cc(Cl)ccc3OC)ccc2c1. The number of methoxy groups -OCH3 is 2. The molecule has 1 amide bonds. The lowest BCUT2D eigenvalue weighted by Gasteiger charge is -2.24. The summed E-state index contributed by atoms with van der Waals surface area (Å²) in [6, 6.07) is 17.1. The zero-order chi connectivity index (χ0) is 21.0. The number of carbonyl (C=O) groups is 1. The number of halogens is 1. The highest BCUT2D eigenvalue weighted by Crippen LogP contribution is 2.28. The van der Waals surface area contributed by atoms with Crippen LogP contribution in [0, 0.1) is 0 Å². The lowest BCUT2D eigenvalue weighted by molar-refractivity contribution is -0.120. The molecule has 3 aromatic carbocycles. The molecule has 0 heterocycles. The number of benzene rings is 3. The molecule has 0 bridgehead atoms. The Labute approximate surface area is 176 Å². The number of fused-ring (bicyclic) bond motifs is 1. The molecule has 3 rings (SSSR count). The predicted molar refractivity (Wildman–Crippen MR) is 118 cm³/mol. The zero-order valence-corrected chi connectivity index (χ0v) is 17.8. The molecule has 1 atom stereocenters. The van der Waals surface area contributed by atoms with Crippen LogP contribution in [0.4, 0.5) is 5.69 Å². The van der Waals surface area contributed by atoms with Gasteiger partial charge < -0.3 is 14.8 Å². The highest BCUT2D eigenvalue weighted by atomic mass is 35.5. The quantitative estimate of drug-likeness (QED) is 0.595. The Balaban J connectivity index is 1.70. The summed E-state index contributed by atoms with van der Waals surface area (Å²) in [6.45, 7) is 2.52. The highest BCUT2D eigenvalue weighted by Gasteiger charge is 2.20. The summed E-state index contributed by atoms with van der Waals surface area (Å²) < 4.78 is 10.6. The summed E-state index contributed by atoms with van der Waals surface area (Å²) in [5.74, 6) is 1.28. The molecule has 0 spiro atoms. The van der Waals surface area contributed by atoms with Crippen molar-refractivity contribution in [1.82, 2.24) is 4.90 Å². The summed E-state index contributed by atoms with van der Waals surface area (Å²) in [7, 11) is 5.15. The molecule has 0 unspecified atom stereocenters.